The van der Waals surface area contributed by atoms with Crippen molar-refractivity contribution in [3.8, 4) is 0 Å². The molecule has 0 radical (unpaired) electrons. The van der Waals surface area contributed by atoms with Crippen molar-refractivity contribution in [3.05, 3.63) is 25.1 Å². The number of anilines is 1. The Morgan fingerprint density at radius 1 is 1.00 bits per heavy atom. The molecule has 0 saturated heterocycles. The second kappa shape index (κ2) is 9.65. The smallest absolute Gasteiger partial charge is 0.233 e. The number of amides is 1. The van der Waals surface area contributed by atoms with E-state index in [4.69, 9.17) is 58.0 Å². The molecule has 0 aliphatic heterocycles. The Kier molecular flexibility index (Phi) is 8.98. The van der Waals surface area contributed by atoms with Crippen LogP contribution in [0.2, 0.25) is 25.1 Å². The molecule has 0 spiro atoms. The molecule has 1 aromatic carbocycles. The Labute approximate surface area is 163 Å². The van der Waals surface area contributed by atoms with Gasteiger partial charge in [-0.1, -0.05) is 87.3 Å². The van der Waals surface area contributed by atoms with Crippen LogP contribution in [0, 0.1) is 0 Å². The second-order valence-electron chi connectivity index (χ2n) is 4.42. The van der Waals surface area contributed by atoms with Crippen LogP contribution in [0.15, 0.2) is 0 Å². The van der Waals surface area contributed by atoms with Crippen molar-refractivity contribution in [3.63, 3.8) is 0 Å². The molecule has 1 aromatic rings. The maximum absolute atomic E-state index is 11.7. The summed E-state index contributed by atoms with van der Waals surface area (Å²) in [6.07, 6.45) is 1.70. The molecule has 22 heavy (non-hydrogen) atoms. The Morgan fingerprint density at radius 2 is 1.50 bits per heavy atom. The van der Waals surface area contributed by atoms with Gasteiger partial charge in [0.05, 0.1) is 35.6 Å². The molecule has 1 atom stereocenters. The molecule has 0 bridgehead atoms. The van der Waals surface area contributed by atoms with Crippen LogP contribution in [0.1, 0.15) is 19.8 Å². The van der Waals surface area contributed by atoms with E-state index in [0.717, 1.165) is 12.8 Å². The van der Waals surface area contributed by atoms with Gasteiger partial charge in [-0.25, -0.2) is 0 Å². The van der Waals surface area contributed by atoms with Gasteiger partial charge in [-0.05, 0) is 6.42 Å². The number of carbonyl (C=O) groups excluding carboxylic acids is 1. The SMILES string of the molecule is CCC[C@H](Br)C(=O)NCCNc1c(Cl)c(Cl)c(Cl)c(Cl)c1Cl. The predicted molar refractivity (Wildman–Crippen MR) is 101 cm³/mol. The molecule has 1 rings (SSSR count). The lowest BCUT2D eigenvalue weighted by molar-refractivity contribution is -0.120. The molecule has 1 amide bonds. The van der Waals surface area contributed by atoms with Gasteiger partial charge in [-0.2, -0.15) is 0 Å². The highest BCUT2D eigenvalue weighted by molar-refractivity contribution is 9.10. The summed E-state index contributed by atoms with van der Waals surface area (Å²) < 4.78 is 0. The summed E-state index contributed by atoms with van der Waals surface area (Å²) in [5.41, 5.74) is 0.390. The summed E-state index contributed by atoms with van der Waals surface area (Å²) in [5, 5.41) is 6.54. The number of hydrogen-bond donors (Lipinski definition) is 2. The fourth-order valence-corrected chi connectivity index (χ4v) is 3.52. The van der Waals surface area contributed by atoms with Crippen molar-refractivity contribution in [2.75, 3.05) is 18.4 Å². The van der Waals surface area contributed by atoms with Gasteiger partial charge in [-0.15, -0.1) is 0 Å². The maximum Gasteiger partial charge on any atom is 0.233 e. The molecule has 0 unspecified atom stereocenters. The van der Waals surface area contributed by atoms with Gasteiger partial charge in [0.15, 0.2) is 0 Å². The third-order valence-electron chi connectivity index (χ3n) is 2.76. The van der Waals surface area contributed by atoms with Gasteiger partial charge in [-0.3, -0.25) is 4.79 Å². The van der Waals surface area contributed by atoms with Crippen molar-refractivity contribution in [2.24, 2.45) is 0 Å². The fraction of sp³-hybridized carbons (Fsp3) is 0.462. The van der Waals surface area contributed by atoms with Gasteiger partial charge in [0.2, 0.25) is 5.91 Å². The molecule has 0 aliphatic carbocycles. The third-order valence-corrected chi connectivity index (χ3v) is 5.91. The highest BCUT2D eigenvalue weighted by Crippen LogP contribution is 2.46. The molecule has 0 heterocycles. The highest BCUT2D eigenvalue weighted by Gasteiger charge is 2.19. The topological polar surface area (TPSA) is 41.1 Å². The molecule has 3 nitrogen and oxygen atoms in total. The predicted octanol–water partition coefficient (Wildman–Crippen LogP) is 6.05. The first-order valence-electron chi connectivity index (χ1n) is 6.48. The van der Waals surface area contributed by atoms with Crippen molar-refractivity contribution in [1.82, 2.24) is 5.32 Å². The molecule has 0 saturated carbocycles. The Morgan fingerprint density at radius 3 is 2.00 bits per heavy atom. The van der Waals surface area contributed by atoms with E-state index in [1.165, 1.54) is 0 Å². The molecular weight excluding hydrogens is 457 g/mol. The van der Waals surface area contributed by atoms with E-state index in [9.17, 15) is 4.79 Å². The normalized spacial score (nSPS) is 12.1. The Balaban J connectivity index is 2.62. The minimum atomic E-state index is -0.191. The van der Waals surface area contributed by atoms with Crippen molar-refractivity contribution < 1.29 is 4.79 Å². The van der Waals surface area contributed by atoms with E-state index in [-0.39, 0.29) is 35.8 Å². The van der Waals surface area contributed by atoms with Crippen LogP contribution in [0.4, 0.5) is 5.69 Å². The van der Waals surface area contributed by atoms with E-state index >= 15 is 0 Å². The zero-order valence-electron chi connectivity index (χ0n) is 11.6. The maximum atomic E-state index is 11.7. The van der Waals surface area contributed by atoms with Crippen LogP contribution in [0.3, 0.4) is 0 Å². The summed E-state index contributed by atoms with van der Waals surface area (Å²) >= 11 is 33.4. The van der Waals surface area contributed by atoms with Gasteiger partial charge < -0.3 is 10.6 Å². The van der Waals surface area contributed by atoms with E-state index in [0.29, 0.717) is 18.8 Å². The van der Waals surface area contributed by atoms with Crippen LogP contribution in [0.25, 0.3) is 0 Å². The fourth-order valence-electron chi connectivity index (χ4n) is 1.63. The molecular formula is C13H14BrCl5N2O. The summed E-state index contributed by atoms with van der Waals surface area (Å²) in [7, 11) is 0. The molecule has 124 valence electrons. The largest absolute Gasteiger partial charge is 0.381 e. The van der Waals surface area contributed by atoms with Crippen LogP contribution in [-0.4, -0.2) is 23.8 Å². The molecule has 0 aromatic heterocycles. The van der Waals surface area contributed by atoms with Crippen LogP contribution in [0.5, 0.6) is 0 Å². The minimum absolute atomic E-state index is 0.0620. The number of hydrogen-bond acceptors (Lipinski definition) is 2. The lowest BCUT2D eigenvalue weighted by Gasteiger charge is -2.15. The number of carbonyl (C=O) groups is 1. The quantitative estimate of drug-likeness (QED) is 0.220. The number of alkyl halides is 1. The zero-order chi connectivity index (χ0) is 16.9. The summed E-state index contributed by atoms with van der Waals surface area (Å²) in [5.74, 6) is -0.0620. The first-order chi connectivity index (χ1) is 10.3. The van der Waals surface area contributed by atoms with E-state index < -0.39 is 0 Å². The zero-order valence-corrected chi connectivity index (χ0v) is 16.9. The van der Waals surface area contributed by atoms with Crippen molar-refractivity contribution in [2.45, 2.75) is 24.6 Å². The molecule has 9 heteroatoms. The van der Waals surface area contributed by atoms with Crippen LogP contribution >= 0.6 is 73.9 Å². The summed E-state index contributed by atoms with van der Waals surface area (Å²) in [6, 6.07) is 0. The Bertz CT molecular complexity index is 527. The molecule has 0 aliphatic rings. The molecule has 2 N–H and O–H groups in total. The standard InChI is InChI=1S/C13H14BrCl5N2O/c1-2-3-6(14)13(22)21-5-4-20-12-10(18)8(16)7(15)9(17)11(12)19/h6,20H,2-5H2,1H3,(H,21,22)/t6-/m0/s1. The first-order valence-corrected chi connectivity index (χ1v) is 9.28. The van der Waals surface area contributed by atoms with Gasteiger partial charge in [0, 0.05) is 13.1 Å². The summed E-state index contributed by atoms with van der Waals surface area (Å²) in [4.78, 5) is 11.5. The van der Waals surface area contributed by atoms with Crippen LogP contribution in [-0.2, 0) is 4.79 Å². The van der Waals surface area contributed by atoms with Crippen molar-refractivity contribution in [1.29, 1.82) is 0 Å². The molecule has 0 fully saturated rings. The average molecular weight is 471 g/mol. The number of rotatable bonds is 7. The van der Waals surface area contributed by atoms with E-state index in [1.807, 2.05) is 6.92 Å². The monoisotopic (exact) mass is 468 g/mol. The highest BCUT2D eigenvalue weighted by atomic mass is 79.9. The van der Waals surface area contributed by atoms with Gasteiger partial charge in [0.25, 0.3) is 0 Å². The average Bonchev–Trinajstić information content (AvgIpc) is 2.50. The van der Waals surface area contributed by atoms with Gasteiger partial charge >= 0.3 is 0 Å². The number of benzene rings is 1. The number of nitrogens with one attached hydrogen (secondary N) is 2. The summed E-state index contributed by atoms with van der Waals surface area (Å²) in [6.45, 7) is 2.82. The number of halogens is 6. The minimum Gasteiger partial charge on any atom is -0.381 e. The van der Waals surface area contributed by atoms with E-state index in [2.05, 4.69) is 26.6 Å². The van der Waals surface area contributed by atoms with Gasteiger partial charge in [0.1, 0.15) is 0 Å². The lowest BCUT2D eigenvalue weighted by atomic mass is 10.2. The lowest BCUT2D eigenvalue weighted by Crippen LogP contribution is -2.34. The first kappa shape index (κ1) is 20.5. The third kappa shape index (κ3) is 5.22. The van der Waals surface area contributed by atoms with Crippen molar-refractivity contribution >= 4 is 85.5 Å². The van der Waals surface area contributed by atoms with E-state index in [1.54, 1.807) is 0 Å². The van der Waals surface area contributed by atoms with Crippen LogP contribution < -0.4 is 10.6 Å². The second-order valence-corrected chi connectivity index (χ2v) is 7.41. The Hall–Kier alpha value is 0.420.